The number of carbonyl (C=O) groups is 1. The number of nitrogens with zero attached hydrogens (tertiary/aromatic N) is 1. The van der Waals surface area contributed by atoms with Gasteiger partial charge < -0.3 is 10.2 Å². The molecule has 0 aromatic heterocycles. The number of benzene rings is 1. The average Bonchev–Trinajstić information content (AvgIpc) is 2.72. The van der Waals surface area contributed by atoms with Crippen LogP contribution in [0.3, 0.4) is 0 Å². The standard InChI is InChI=1S/C11H13N2O/c14-11(13-8-4-5-9-13)12-10-6-2-1-3-7-10/h2-3,6-7H,4-5,8-9H2,(H,12,14). The average molecular weight is 189 g/mol. The molecule has 1 aromatic carbocycles. The van der Waals surface area contributed by atoms with E-state index in [1.807, 2.05) is 17.0 Å². The lowest BCUT2D eigenvalue weighted by Gasteiger charge is -2.15. The third-order valence-electron chi connectivity index (χ3n) is 2.36. The number of likely N-dealkylation sites (tertiary alicyclic amines) is 1. The Bertz CT molecular complexity index is 304. The molecule has 1 N–H and O–H groups in total. The van der Waals surface area contributed by atoms with Crippen molar-refractivity contribution >= 4 is 11.7 Å². The first-order chi connectivity index (χ1) is 6.86. The van der Waals surface area contributed by atoms with Crippen molar-refractivity contribution in [1.29, 1.82) is 0 Å². The van der Waals surface area contributed by atoms with Gasteiger partial charge in [0.15, 0.2) is 0 Å². The maximum absolute atomic E-state index is 11.6. The molecule has 1 fully saturated rings. The molecule has 1 aliphatic heterocycles. The van der Waals surface area contributed by atoms with E-state index in [0.717, 1.165) is 31.6 Å². The van der Waals surface area contributed by atoms with Gasteiger partial charge in [-0.05, 0) is 31.0 Å². The number of hydrogen-bond acceptors (Lipinski definition) is 1. The summed E-state index contributed by atoms with van der Waals surface area (Å²) < 4.78 is 0. The van der Waals surface area contributed by atoms with E-state index in [1.165, 1.54) is 0 Å². The molecule has 3 nitrogen and oxygen atoms in total. The van der Waals surface area contributed by atoms with Crippen LogP contribution in [0.5, 0.6) is 0 Å². The minimum absolute atomic E-state index is 0.00806. The fourth-order valence-corrected chi connectivity index (χ4v) is 1.59. The lowest BCUT2D eigenvalue weighted by molar-refractivity contribution is 0.222. The van der Waals surface area contributed by atoms with E-state index in [-0.39, 0.29) is 6.03 Å². The van der Waals surface area contributed by atoms with Crippen LogP contribution in [0.1, 0.15) is 12.8 Å². The second-order valence-corrected chi connectivity index (χ2v) is 3.41. The van der Waals surface area contributed by atoms with Gasteiger partial charge in [0.05, 0.1) is 0 Å². The highest BCUT2D eigenvalue weighted by Crippen LogP contribution is 2.11. The van der Waals surface area contributed by atoms with Gasteiger partial charge in [0.2, 0.25) is 0 Å². The van der Waals surface area contributed by atoms with Crippen LogP contribution in [0.4, 0.5) is 10.5 Å². The zero-order valence-corrected chi connectivity index (χ0v) is 7.99. The van der Waals surface area contributed by atoms with Gasteiger partial charge in [-0.2, -0.15) is 0 Å². The van der Waals surface area contributed by atoms with Crippen LogP contribution < -0.4 is 5.32 Å². The summed E-state index contributed by atoms with van der Waals surface area (Å²) in [5, 5.41) is 2.85. The molecule has 0 aliphatic carbocycles. The van der Waals surface area contributed by atoms with Crippen LogP contribution in [0.25, 0.3) is 0 Å². The second kappa shape index (κ2) is 4.13. The molecule has 1 aliphatic rings. The number of nitrogens with one attached hydrogen (secondary N) is 1. The Labute approximate surface area is 83.7 Å². The van der Waals surface area contributed by atoms with Crippen LogP contribution in [-0.2, 0) is 0 Å². The van der Waals surface area contributed by atoms with Gasteiger partial charge in [0.1, 0.15) is 0 Å². The molecule has 0 spiro atoms. The van der Waals surface area contributed by atoms with Crippen molar-refractivity contribution in [2.24, 2.45) is 0 Å². The molecule has 14 heavy (non-hydrogen) atoms. The molecule has 0 bridgehead atoms. The zero-order valence-electron chi connectivity index (χ0n) is 7.99. The Kier molecular flexibility index (Phi) is 2.68. The number of hydrogen-bond donors (Lipinski definition) is 1. The number of carbonyl (C=O) groups excluding carboxylic acids is 1. The monoisotopic (exact) mass is 189 g/mol. The highest BCUT2D eigenvalue weighted by molar-refractivity contribution is 5.89. The summed E-state index contributed by atoms with van der Waals surface area (Å²) in [5.74, 6) is 0. The molecule has 1 saturated heterocycles. The predicted octanol–water partition coefficient (Wildman–Crippen LogP) is 2.11. The molecule has 1 radical (unpaired) electrons. The highest BCUT2D eigenvalue weighted by atomic mass is 16.2. The largest absolute Gasteiger partial charge is 0.325 e. The van der Waals surface area contributed by atoms with E-state index >= 15 is 0 Å². The van der Waals surface area contributed by atoms with E-state index in [0.29, 0.717) is 0 Å². The van der Waals surface area contributed by atoms with Gasteiger partial charge in [-0.1, -0.05) is 12.1 Å². The van der Waals surface area contributed by atoms with Crippen molar-refractivity contribution in [2.45, 2.75) is 12.8 Å². The summed E-state index contributed by atoms with van der Waals surface area (Å²) in [7, 11) is 0. The Morgan fingerprint density at radius 1 is 1.29 bits per heavy atom. The van der Waals surface area contributed by atoms with E-state index in [2.05, 4.69) is 11.4 Å². The van der Waals surface area contributed by atoms with Gasteiger partial charge in [-0.25, -0.2) is 4.79 Å². The first-order valence-electron chi connectivity index (χ1n) is 4.88. The van der Waals surface area contributed by atoms with Gasteiger partial charge in [-0.3, -0.25) is 0 Å². The fourth-order valence-electron chi connectivity index (χ4n) is 1.59. The van der Waals surface area contributed by atoms with Crippen LogP contribution in [-0.4, -0.2) is 24.0 Å². The Balaban J connectivity index is 1.94. The third kappa shape index (κ3) is 2.05. The van der Waals surface area contributed by atoms with Crippen LogP contribution >= 0.6 is 0 Å². The molecule has 1 heterocycles. The van der Waals surface area contributed by atoms with E-state index in [9.17, 15) is 4.79 Å². The van der Waals surface area contributed by atoms with Gasteiger partial charge in [-0.15, -0.1) is 0 Å². The van der Waals surface area contributed by atoms with Gasteiger partial charge >= 0.3 is 6.03 Å². The van der Waals surface area contributed by atoms with Crippen molar-refractivity contribution in [3.05, 3.63) is 30.3 Å². The Morgan fingerprint density at radius 2 is 1.93 bits per heavy atom. The lowest BCUT2D eigenvalue weighted by atomic mass is 10.3. The third-order valence-corrected chi connectivity index (χ3v) is 2.36. The van der Waals surface area contributed by atoms with E-state index in [4.69, 9.17) is 0 Å². The minimum atomic E-state index is 0.00806. The van der Waals surface area contributed by atoms with Gasteiger partial charge in [0, 0.05) is 18.8 Å². The quantitative estimate of drug-likeness (QED) is 0.721. The van der Waals surface area contributed by atoms with Crippen molar-refractivity contribution in [3.8, 4) is 0 Å². The summed E-state index contributed by atoms with van der Waals surface area (Å²) in [6, 6.07) is 10.2. The topological polar surface area (TPSA) is 32.3 Å². The first kappa shape index (κ1) is 9.06. The molecule has 73 valence electrons. The SMILES string of the molecule is O=C(Nc1cc[c]cc1)N1CCCC1. The molecule has 3 heteroatoms. The maximum Gasteiger partial charge on any atom is 0.321 e. The first-order valence-corrected chi connectivity index (χ1v) is 4.88. The van der Waals surface area contributed by atoms with Crippen molar-refractivity contribution in [3.63, 3.8) is 0 Å². The lowest BCUT2D eigenvalue weighted by Crippen LogP contribution is -2.32. The summed E-state index contributed by atoms with van der Waals surface area (Å²) in [5.41, 5.74) is 0.834. The molecule has 0 saturated carbocycles. The smallest absolute Gasteiger partial charge is 0.321 e. The summed E-state index contributed by atoms with van der Waals surface area (Å²) in [6.07, 6.45) is 2.24. The van der Waals surface area contributed by atoms with Gasteiger partial charge in [0.25, 0.3) is 0 Å². The molecule has 0 unspecified atom stereocenters. The fraction of sp³-hybridized carbons (Fsp3) is 0.364. The molecular formula is C11H13N2O. The van der Waals surface area contributed by atoms with Crippen molar-refractivity contribution in [1.82, 2.24) is 4.90 Å². The zero-order chi connectivity index (χ0) is 9.80. The number of rotatable bonds is 1. The van der Waals surface area contributed by atoms with Crippen molar-refractivity contribution in [2.75, 3.05) is 18.4 Å². The van der Waals surface area contributed by atoms with Crippen LogP contribution in [0.2, 0.25) is 0 Å². The minimum Gasteiger partial charge on any atom is -0.325 e. The number of urea groups is 1. The molecule has 0 atom stereocenters. The van der Waals surface area contributed by atoms with Crippen LogP contribution in [0, 0.1) is 6.07 Å². The molecular weight excluding hydrogens is 176 g/mol. The molecule has 1 aromatic rings. The molecule has 2 amide bonds. The van der Waals surface area contributed by atoms with E-state index < -0.39 is 0 Å². The Hall–Kier alpha value is -1.51. The number of anilines is 1. The Morgan fingerprint density at radius 3 is 2.57 bits per heavy atom. The number of amides is 2. The highest BCUT2D eigenvalue weighted by Gasteiger charge is 2.17. The normalized spacial score (nSPS) is 15.6. The second-order valence-electron chi connectivity index (χ2n) is 3.41. The van der Waals surface area contributed by atoms with E-state index in [1.54, 1.807) is 12.1 Å². The summed E-state index contributed by atoms with van der Waals surface area (Å²) in [6.45, 7) is 1.76. The van der Waals surface area contributed by atoms with Crippen LogP contribution in [0.15, 0.2) is 24.3 Å². The predicted molar refractivity (Wildman–Crippen MR) is 55.1 cm³/mol. The maximum atomic E-state index is 11.6. The molecule has 2 rings (SSSR count). The summed E-state index contributed by atoms with van der Waals surface area (Å²) >= 11 is 0. The summed E-state index contributed by atoms with van der Waals surface area (Å²) in [4.78, 5) is 13.5. The van der Waals surface area contributed by atoms with Crippen molar-refractivity contribution < 1.29 is 4.79 Å².